The van der Waals surface area contributed by atoms with Gasteiger partial charge in [-0.2, -0.15) is 0 Å². The van der Waals surface area contributed by atoms with E-state index in [4.69, 9.17) is 9.47 Å². The third-order valence-electron chi connectivity index (χ3n) is 3.67. The van der Waals surface area contributed by atoms with Crippen molar-refractivity contribution in [3.8, 4) is 11.5 Å². The van der Waals surface area contributed by atoms with E-state index in [9.17, 15) is 4.39 Å². The van der Waals surface area contributed by atoms with E-state index in [-0.39, 0.29) is 19.0 Å². The van der Waals surface area contributed by atoms with E-state index in [1.165, 1.54) is 12.1 Å². The SMILES string of the molecule is Cc1nnc(COc2ccccc2OCc2cccc(F)c2)n1C. The van der Waals surface area contributed by atoms with E-state index in [2.05, 4.69) is 10.2 Å². The Labute approximate surface area is 139 Å². The lowest BCUT2D eigenvalue weighted by Crippen LogP contribution is -2.05. The summed E-state index contributed by atoms with van der Waals surface area (Å²) >= 11 is 0. The first-order valence-corrected chi connectivity index (χ1v) is 7.57. The monoisotopic (exact) mass is 327 g/mol. The lowest BCUT2D eigenvalue weighted by atomic mass is 10.2. The van der Waals surface area contributed by atoms with Crippen molar-refractivity contribution in [1.29, 1.82) is 0 Å². The van der Waals surface area contributed by atoms with Crippen LogP contribution in [0, 0.1) is 12.7 Å². The Kier molecular flexibility index (Phi) is 4.74. The van der Waals surface area contributed by atoms with Crippen molar-refractivity contribution in [3.63, 3.8) is 0 Å². The Morgan fingerprint density at radius 3 is 2.29 bits per heavy atom. The van der Waals surface area contributed by atoms with Gasteiger partial charge in [-0.15, -0.1) is 10.2 Å². The van der Waals surface area contributed by atoms with E-state index >= 15 is 0 Å². The Morgan fingerprint density at radius 2 is 1.67 bits per heavy atom. The summed E-state index contributed by atoms with van der Waals surface area (Å²) in [5.41, 5.74) is 0.758. The Hall–Kier alpha value is -2.89. The lowest BCUT2D eigenvalue weighted by molar-refractivity contribution is 0.249. The maximum atomic E-state index is 13.2. The summed E-state index contributed by atoms with van der Waals surface area (Å²) in [6, 6.07) is 13.7. The average molecular weight is 327 g/mol. The van der Waals surface area contributed by atoms with Crippen molar-refractivity contribution in [2.24, 2.45) is 7.05 Å². The molecule has 0 amide bonds. The molecule has 0 aliphatic carbocycles. The second kappa shape index (κ2) is 7.12. The van der Waals surface area contributed by atoms with Crippen LogP contribution < -0.4 is 9.47 Å². The highest BCUT2D eigenvalue weighted by molar-refractivity contribution is 5.39. The zero-order chi connectivity index (χ0) is 16.9. The predicted molar refractivity (Wildman–Crippen MR) is 87.2 cm³/mol. The fourth-order valence-electron chi connectivity index (χ4n) is 2.20. The minimum Gasteiger partial charge on any atom is -0.485 e. The van der Waals surface area contributed by atoms with Crippen LogP contribution in [0.4, 0.5) is 4.39 Å². The summed E-state index contributed by atoms with van der Waals surface area (Å²) in [4.78, 5) is 0. The number of aromatic nitrogens is 3. The van der Waals surface area contributed by atoms with Crippen LogP contribution in [-0.4, -0.2) is 14.8 Å². The molecule has 1 aromatic heterocycles. The van der Waals surface area contributed by atoms with Gasteiger partial charge in [-0.1, -0.05) is 24.3 Å². The van der Waals surface area contributed by atoms with E-state index < -0.39 is 0 Å². The molecule has 3 aromatic rings. The summed E-state index contributed by atoms with van der Waals surface area (Å²) in [5.74, 6) is 2.48. The highest BCUT2D eigenvalue weighted by atomic mass is 19.1. The highest BCUT2D eigenvalue weighted by Crippen LogP contribution is 2.28. The van der Waals surface area contributed by atoms with Crippen LogP contribution >= 0.6 is 0 Å². The summed E-state index contributed by atoms with van der Waals surface area (Å²) in [6.45, 7) is 2.44. The van der Waals surface area contributed by atoms with Gasteiger partial charge in [-0.25, -0.2) is 4.39 Å². The van der Waals surface area contributed by atoms with Crippen LogP contribution in [0.2, 0.25) is 0 Å². The molecule has 124 valence electrons. The number of hydrogen-bond acceptors (Lipinski definition) is 4. The van der Waals surface area contributed by atoms with Gasteiger partial charge in [0.05, 0.1) is 0 Å². The first kappa shape index (κ1) is 16.0. The minimum absolute atomic E-state index is 0.265. The van der Waals surface area contributed by atoms with E-state index in [1.54, 1.807) is 6.07 Å². The first-order valence-electron chi connectivity index (χ1n) is 7.57. The maximum absolute atomic E-state index is 13.2. The van der Waals surface area contributed by atoms with Crippen molar-refractivity contribution < 1.29 is 13.9 Å². The van der Waals surface area contributed by atoms with Gasteiger partial charge < -0.3 is 14.0 Å². The Bertz CT molecular complexity index is 833. The Balaban J connectivity index is 1.67. The van der Waals surface area contributed by atoms with Gasteiger partial charge in [-0.3, -0.25) is 0 Å². The van der Waals surface area contributed by atoms with E-state index in [1.807, 2.05) is 48.9 Å². The number of rotatable bonds is 6. The molecule has 0 unspecified atom stereocenters. The van der Waals surface area contributed by atoms with Gasteiger partial charge in [0.2, 0.25) is 0 Å². The zero-order valence-electron chi connectivity index (χ0n) is 13.6. The molecular weight excluding hydrogens is 309 g/mol. The van der Waals surface area contributed by atoms with Crippen LogP contribution in [0.5, 0.6) is 11.5 Å². The maximum Gasteiger partial charge on any atom is 0.170 e. The lowest BCUT2D eigenvalue weighted by Gasteiger charge is -2.12. The molecule has 24 heavy (non-hydrogen) atoms. The molecule has 0 fully saturated rings. The van der Waals surface area contributed by atoms with Crippen molar-refractivity contribution in [2.75, 3.05) is 0 Å². The molecule has 0 aliphatic rings. The average Bonchev–Trinajstić information content (AvgIpc) is 2.91. The first-order chi connectivity index (χ1) is 11.6. The van der Waals surface area contributed by atoms with Crippen LogP contribution in [-0.2, 0) is 20.3 Å². The van der Waals surface area contributed by atoms with Gasteiger partial charge in [0.1, 0.15) is 24.9 Å². The number of ether oxygens (including phenoxy) is 2. The highest BCUT2D eigenvalue weighted by Gasteiger charge is 2.09. The van der Waals surface area contributed by atoms with Crippen LogP contribution in [0.1, 0.15) is 17.2 Å². The number of halogens is 1. The van der Waals surface area contributed by atoms with E-state index in [0.717, 1.165) is 17.2 Å². The molecule has 0 bridgehead atoms. The Morgan fingerprint density at radius 1 is 0.958 bits per heavy atom. The largest absolute Gasteiger partial charge is 0.485 e. The molecule has 0 aliphatic heterocycles. The van der Waals surface area contributed by atoms with Crippen LogP contribution in [0.15, 0.2) is 48.5 Å². The van der Waals surface area contributed by atoms with Gasteiger partial charge in [0, 0.05) is 7.05 Å². The molecule has 6 heteroatoms. The fourth-order valence-corrected chi connectivity index (χ4v) is 2.20. The van der Waals surface area contributed by atoms with Gasteiger partial charge in [0.15, 0.2) is 17.3 Å². The molecule has 0 saturated heterocycles. The summed E-state index contributed by atoms with van der Waals surface area (Å²) < 4.78 is 26.7. The zero-order valence-corrected chi connectivity index (χ0v) is 13.6. The molecule has 5 nitrogen and oxygen atoms in total. The second-order valence-electron chi connectivity index (χ2n) is 5.38. The van der Waals surface area contributed by atoms with Crippen molar-refractivity contribution in [1.82, 2.24) is 14.8 Å². The van der Waals surface area contributed by atoms with Crippen LogP contribution in [0.25, 0.3) is 0 Å². The third-order valence-corrected chi connectivity index (χ3v) is 3.67. The quantitative estimate of drug-likeness (QED) is 0.696. The van der Waals surface area contributed by atoms with Crippen LogP contribution in [0.3, 0.4) is 0 Å². The van der Waals surface area contributed by atoms with Gasteiger partial charge in [0.25, 0.3) is 0 Å². The number of nitrogens with zero attached hydrogens (tertiary/aromatic N) is 3. The number of para-hydroxylation sites is 2. The predicted octanol–water partition coefficient (Wildman–Crippen LogP) is 3.42. The van der Waals surface area contributed by atoms with Crippen molar-refractivity contribution >= 4 is 0 Å². The number of hydrogen-bond donors (Lipinski definition) is 0. The van der Waals surface area contributed by atoms with Gasteiger partial charge in [-0.05, 0) is 36.8 Å². The van der Waals surface area contributed by atoms with Gasteiger partial charge >= 0.3 is 0 Å². The summed E-state index contributed by atoms with van der Waals surface area (Å²) in [6.07, 6.45) is 0. The molecule has 0 radical (unpaired) electrons. The fraction of sp³-hybridized carbons (Fsp3) is 0.222. The summed E-state index contributed by atoms with van der Waals surface area (Å²) in [5, 5.41) is 8.07. The third kappa shape index (κ3) is 3.71. The minimum atomic E-state index is -0.279. The molecule has 0 atom stereocenters. The molecule has 2 aromatic carbocycles. The smallest absolute Gasteiger partial charge is 0.170 e. The van der Waals surface area contributed by atoms with Crippen molar-refractivity contribution in [3.05, 3.63) is 71.6 Å². The van der Waals surface area contributed by atoms with Crippen molar-refractivity contribution in [2.45, 2.75) is 20.1 Å². The topological polar surface area (TPSA) is 49.2 Å². The number of aryl methyl sites for hydroxylation is 1. The molecular formula is C18H18FN3O2. The summed E-state index contributed by atoms with van der Waals surface area (Å²) in [7, 11) is 1.89. The second-order valence-corrected chi connectivity index (χ2v) is 5.38. The molecule has 1 heterocycles. The normalized spacial score (nSPS) is 10.6. The molecule has 3 rings (SSSR count). The molecule has 0 saturated carbocycles. The molecule has 0 spiro atoms. The molecule has 0 N–H and O–H groups in total. The van der Waals surface area contributed by atoms with E-state index in [0.29, 0.717) is 11.5 Å². The number of benzene rings is 2. The standard InChI is InChI=1S/C18H18FN3O2/c1-13-20-21-18(22(13)2)12-24-17-9-4-3-8-16(17)23-11-14-6-5-7-15(19)10-14/h3-10H,11-12H2,1-2H3.